The van der Waals surface area contributed by atoms with Crippen molar-refractivity contribution in [1.29, 1.82) is 0 Å². The van der Waals surface area contributed by atoms with E-state index in [2.05, 4.69) is 26.2 Å². The zero-order chi connectivity index (χ0) is 15.9. The van der Waals surface area contributed by atoms with Crippen molar-refractivity contribution >= 4 is 33.6 Å². The largest absolute Gasteiger partial charge is 0.352 e. The van der Waals surface area contributed by atoms with Crippen molar-refractivity contribution in [1.82, 2.24) is 10.3 Å². The number of pyridine rings is 1. The third kappa shape index (κ3) is 5.12. The fraction of sp³-hybridized carbons (Fsp3) is 0.250. The lowest BCUT2D eigenvalue weighted by atomic mass is 10.2. The molecule has 0 aliphatic carbocycles. The van der Waals surface area contributed by atoms with E-state index in [0.717, 1.165) is 20.8 Å². The van der Waals surface area contributed by atoms with Crippen molar-refractivity contribution < 1.29 is 4.79 Å². The lowest BCUT2D eigenvalue weighted by Crippen LogP contribution is -2.29. The Labute approximate surface area is 143 Å². The van der Waals surface area contributed by atoms with Gasteiger partial charge in [-0.05, 0) is 53.5 Å². The summed E-state index contributed by atoms with van der Waals surface area (Å²) < 4.78 is 0.929. The molecule has 2 aromatic rings. The van der Waals surface area contributed by atoms with E-state index < -0.39 is 0 Å². The first-order valence-corrected chi connectivity index (χ1v) is 8.59. The van der Waals surface area contributed by atoms with Crippen LogP contribution in [-0.2, 0) is 0 Å². The van der Waals surface area contributed by atoms with Crippen LogP contribution in [0.2, 0.25) is 0 Å². The number of carbonyl (C=O) groups is 1. The lowest BCUT2D eigenvalue weighted by molar-refractivity contribution is 0.0950. The quantitative estimate of drug-likeness (QED) is 0.806. The third-order valence-electron chi connectivity index (χ3n) is 2.93. The van der Waals surface area contributed by atoms with E-state index in [1.165, 1.54) is 11.8 Å². The highest BCUT2D eigenvalue weighted by Gasteiger charge is 2.12. The van der Waals surface area contributed by atoms with Crippen LogP contribution in [0.5, 0.6) is 0 Å². The van der Waals surface area contributed by atoms with Crippen molar-refractivity contribution in [3.63, 3.8) is 0 Å². The Morgan fingerprint density at radius 3 is 2.82 bits per heavy atom. The minimum Gasteiger partial charge on any atom is -0.352 e. The van der Waals surface area contributed by atoms with Crippen LogP contribution < -0.4 is 11.1 Å². The predicted molar refractivity (Wildman–Crippen MR) is 93.1 cm³/mol. The molecule has 2 rings (SSSR count). The molecule has 4 nitrogen and oxygen atoms in total. The second kappa shape index (κ2) is 8.31. The van der Waals surface area contributed by atoms with Crippen molar-refractivity contribution in [3.05, 3.63) is 52.6 Å². The number of nitrogens with two attached hydrogens (primary N) is 1. The first kappa shape index (κ1) is 17.0. The van der Waals surface area contributed by atoms with Crippen LogP contribution in [0.15, 0.2) is 57.0 Å². The number of nitrogens with zero attached hydrogens (tertiary/aromatic N) is 1. The van der Waals surface area contributed by atoms with Gasteiger partial charge in [-0.3, -0.25) is 4.79 Å². The molecule has 6 heteroatoms. The summed E-state index contributed by atoms with van der Waals surface area (Å²) in [4.78, 5) is 17.5. The molecule has 1 aromatic heterocycles. The number of nitrogens with one attached hydrogen (secondary N) is 1. The van der Waals surface area contributed by atoms with Crippen LogP contribution in [0.25, 0.3) is 0 Å². The number of hydrogen-bond donors (Lipinski definition) is 2. The number of hydrogen-bond acceptors (Lipinski definition) is 4. The molecule has 0 aliphatic rings. The van der Waals surface area contributed by atoms with Gasteiger partial charge >= 0.3 is 0 Å². The summed E-state index contributed by atoms with van der Waals surface area (Å²) in [7, 11) is 0. The number of benzene rings is 1. The molecular weight excluding hydrogens is 362 g/mol. The van der Waals surface area contributed by atoms with E-state index in [1.54, 1.807) is 6.20 Å². The molecule has 1 heterocycles. The molecule has 0 radical (unpaired) electrons. The van der Waals surface area contributed by atoms with Gasteiger partial charge in [0, 0.05) is 28.2 Å². The molecular formula is C16H18BrN3OS. The minimum absolute atomic E-state index is 0.0804. The summed E-state index contributed by atoms with van der Waals surface area (Å²) in [6.07, 6.45) is 2.50. The summed E-state index contributed by atoms with van der Waals surface area (Å²) in [5.74, 6) is -0.0825. The molecule has 0 fully saturated rings. The number of halogens is 1. The van der Waals surface area contributed by atoms with Gasteiger partial charge in [0.2, 0.25) is 0 Å². The van der Waals surface area contributed by atoms with Crippen molar-refractivity contribution in [2.75, 3.05) is 6.54 Å². The minimum atomic E-state index is -0.0825. The normalized spacial score (nSPS) is 12.0. The van der Waals surface area contributed by atoms with Crippen LogP contribution >= 0.6 is 27.7 Å². The molecule has 0 spiro atoms. The van der Waals surface area contributed by atoms with Crippen molar-refractivity contribution in [2.45, 2.75) is 29.3 Å². The second-order valence-corrected chi connectivity index (χ2v) is 6.91. The lowest BCUT2D eigenvalue weighted by Gasteiger charge is -2.10. The second-order valence-electron chi connectivity index (χ2n) is 4.93. The molecule has 3 N–H and O–H groups in total. The fourth-order valence-electron chi connectivity index (χ4n) is 1.79. The van der Waals surface area contributed by atoms with Crippen LogP contribution in [0, 0.1) is 0 Å². The van der Waals surface area contributed by atoms with Gasteiger partial charge in [-0.25, -0.2) is 4.98 Å². The van der Waals surface area contributed by atoms with Crippen LogP contribution in [0.3, 0.4) is 0 Å². The third-order valence-corrected chi connectivity index (χ3v) is 4.43. The highest BCUT2D eigenvalue weighted by molar-refractivity contribution is 9.10. The first-order chi connectivity index (χ1) is 10.6. The van der Waals surface area contributed by atoms with Crippen LogP contribution in [0.4, 0.5) is 0 Å². The summed E-state index contributed by atoms with van der Waals surface area (Å²) >= 11 is 4.84. The van der Waals surface area contributed by atoms with Gasteiger partial charge < -0.3 is 11.1 Å². The molecule has 1 aromatic carbocycles. The zero-order valence-electron chi connectivity index (χ0n) is 12.3. The molecule has 0 saturated heterocycles. The number of carbonyl (C=O) groups excluding carboxylic acids is 1. The van der Waals surface area contributed by atoms with E-state index in [0.29, 0.717) is 12.1 Å². The molecule has 1 unspecified atom stereocenters. The highest BCUT2D eigenvalue weighted by atomic mass is 79.9. The Morgan fingerprint density at radius 1 is 1.36 bits per heavy atom. The number of rotatable bonds is 6. The Balaban J connectivity index is 2.09. The maximum absolute atomic E-state index is 12.3. The predicted octanol–water partition coefficient (Wildman–Crippen LogP) is 3.46. The van der Waals surface area contributed by atoms with Crippen molar-refractivity contribution in [2.24, 2.45) is 5.73 Å². The molecule has 0 aliphatic heterocycles. The monoisotopic (exact) mass is 379 g/mol. The molecule has 0 bridgehead atoms. The fourth-order valence-corrected chi connectivity index (χ4v) is 2.91. The Morgan fingerprint density at radius 2 is 2.14 bits per heavy atom. The van der Waals surface area contributed by atoms with Gasteiger partial charge in [0.1, 0.15) is 5.03 Å². The Kier molecular flexibility index (Phi) is 6.42. The van der Waals surface area contributed by atoms with Crippen molar-refractivity contribution in [3.8, 4) is 0 Å². The van der Waals surface area contributed by atoms with Gasteiger partial charge in [-0.15, -0.1) is 0 Å². The maximum Gasteiger partial charge on any atom is 0.252 e. The van der Waals surface area contributed by atoms with Gasteiger partial charge in [0.25, 0.3) is 5.91 Å². The SMILES string of the molecule is CC(N)CCNC(=O)c1ccccc1Sc1ccc(Br)cn1. The molecule has 116 valence electrons. The maximum atomic E-state index is 12.3. The highest BCUT2D eigenvalue weighted by Crippen LogP contribution is 2.29. The average Bonchev–Trinajstić information content (AvgIpc) is 2.49. The van der Waals surface area contributed by atoms with E-state index in [-0.39, 0.29) is 11.9 Å². The number of aromatic nitrogens is 1. The summed E-state index contributed by atoms with van der Waals surface area (Å²) in [6, 6.07) is 11.5. The smallest absolute Gasteiger partial charge is 0.252 e. The first-order valence-electron chi connectivity index (χ1n) is 6.98. The molecule has 1 amide bonds. The van der Waals surface area contributed by atoms with E-state index >= 15 is 0 Å². The number of amides is 1. The van der Waals surface area contributed by atoms with Crippen LogP contribution in [-0.4, -0.2) is 23.5 Å². The summed E-state index contributed by atoms with van der Waals surface area (Å²) in [5, 5.41) is 3.75. The molecule has 1 atom stereocenters. The topological polar surface area (TPSA) is 68.0 Å². The molecule has 0 saturated carbocycles. The van der Waals surface area contributed by atoms with Gasteiger partial charge in [-0.2, -0.15) is 0 Å². The molecule has 22 heavy (non-hydrogen) atoms. The Hall–Kier alpha value is -1.37. The standard InChI is InChI=1S/C16H18BrN3OS/c1-11(18)8-9-19-16(21)13-4-2-3-5-14(13)22-15-7-6-12(17)10-20-15/h2-7,10-11H,8-9,18H2,1H3,(H,19,21). The van der Waals surface area contributed by atoms with E-state index in [4.69, 9.17) is 5.73 Å². The Bertz CT molecular complexity index is 632. The summed E-state index contributed by atoms with van der Waals surface area (Å²) in [5.41, 5.74) is 6.35. The zero-order valence-corrected chi connectivity index (χ0v) is 14.7. The van der Waals surface area contributed by atoms with Crippen LogP contribution in [0.1, 0.15) is 23.7 Å². The average molecular weight is 380 g/mol. The summed E-state index contributed by atoms with van der Waals surface area (Å²) in [6.45, 7) is 2.50. The van der Waals surface area contributed by atoms with Gasteiger partial charge in [0.05, 0.1) is 5.56 Å². The van der Waals surface area contributed by atoms with Gasteiger partial charge in [-0.1, -0.05) is 23.9 Å². The van der Waals surface area contributed by atoms with E-state index in [9.17, 15) is 4.79 Å². The van der Waals surface area contributed by atoms with Gasteiger partial charge in [0.15, 0.2) is 0 Å². The van der Waals surface area contributed by atoms with E-state index in [1.807, 2.05) is 43.3 Å².